The molecule has 346 valence electrons. The monoisotopic (exact) mass is 887 g/mol. The van der Waals surface area contributed by atoms with Gasteiger partial charge >= 0.3 is 11.9 Å². The second-order valence-corrected chi connectivity index (χ2v) is 16.4. The van der Waals surface area contributed by atoms with E-state index in [1.54, 1.807) is 26.8 Å². The number of likely N-dealkylation sites (tertiary alicyclic amines) is 1. The molecule has 0 saturated carbocycles. The number of nitrogens with one attached hydrogen (secondary N) is 1. The molecule has 1 atom stereocenters. The second kappa shape index (κ2) is 23.0. The molecule has 2 aromatic rings. The highest BCUT2D eigenvalue weighted by Crippen LogP contribution is 2.31. The molecule has 4 heterocycles. The quantitative estimate of drug-likeness (QED) is 0.119. The third kappa shape index (κ3) is 15.0. The number of aliphatic carboxylic acids is 2. The summed E-state index contributed by atoms with van der Waals surface area (Å²) in [6.45, 7) is 4.90. The summed E-state index contributed by atoms with van der Waals surface area (Å²) in [4.78, 5) is 81.3. The molecule has 5 N–H and O–H groups in total. The molecule has 63 heavy (non-hydrogen) atoms. The molecule has 5 rings (SSSR count). The maximum absolute atomic E-state index is 13.9. The molecule has 0 aliphatic carbocycles. The lowest BCUT2D eigenvalue weighted by molar-refractivity contribution is -0.139. The zero-order chi connectivity index (χ0) is 45.7. The minimum Gasteiger partial charge on any atom is -0.480 e. The number of hydrogen-bond acceptors (Lipinski definition) is 15. The van der Waals surface area contributed by atoms with Gasteiger partial charge in [0.25, 0.3) is 11.8 Å². The standard InChI is InChI=1S/C41H59F2N11O9/c1-47(30-3-4-34-33(21-30)32(5-6-45-34)40(63)46-24-35(55)54-29-41(42,43)22-31(54)23-44)7-2-8-48-17-19-53(20-18-48)36(56)25-49-9-11-50(26-37(57)58)13-15-52(28-39(61)62)16-14-51(12-10-49)27-38(59)60/h3-6,21,31,39,61-62H,2,7-20,22,24-29H2,1H3,(H,46,63)(H,57,58)(H,59,60)/t31-/m0/s1. The molecule has 3 fully saturated rings. The number of aliphatic hydroxyl groups is 2. The molecular weight excluding hydrogens is 829 g/mol. The molecule has 0 radical (unpaired) electrons. The molecular formula is C41H59F2N11O9. The SMILES string of the molecule is CN(CCCN1CCN(C(=O)CN2CCN(CC(=O)O)CCN(CC(O)O)CCN(CC(=O)O)CC2)CC1)c1ccc2nccc(C(=O)NCC(=O)N3CC(F)(F)C[C@H]3C#N)c2c1. The Morgan fingerprint density at radius 3 is 1.98 bits per heavy atom. The minimum atomic E-state index is -3.16. The molecule has 20 nitrogen and oxygen atoms in total. The first kappa shape index (κ1) is 48.9. The van der Waals surface area contributed by atoms with Gasteiger partial charge in [0.15, 0.2) is 6.29 Å². The fourth-order valence-corrected chi connectivity index (χ4v) is 8.14. The van der Waals surface area contributed by atoms with Crippen LogP contribution in [0.15, 0.2) is 30.5 Å². The molecule has 3 amide bonds. The number of aromatic nitrogens is 1. The van der Waals surface area contributed by atoms with E-state index in [1.165, 1.54) is 12.3 Å². The van der Waals surface area contributed by atoms with Crippen LogP contribution in [0.5, 0.6) is 0 Å². The third-order valence-corrected chi connectivity index (χ3v) is 11.7. The van der Waals surface area contributed by atoms with Crippen LogP contribution < -0.4 is 10.2 Å². The molecule has 3 saturated heterocycles. The fourth-order valence-electron chi connectivity index (χ4n) is 8.14. The van der Waals surface area contributed by atoms with Crippen LogP contribution in [-0.4, -0.2) is 246 Å². The van der Waals surface area contributed by atoms with Gasteiger partial charge in [0.05, 0.1) is 49.9 Å². The van der Waals surface area contributed by atoms with E-state index in [1.807, 2.05) is 29.0 Å². The highest BCUT2D eigenvalue weighted by atomic mass is 19.3. The van der Waals surface area contributed by atoms with E-state index < -0.39 is 61.5 Å². The Kier molecular flexibility index (Phi) is 17.8. The Bertz CT molecular complexity index is 1920. The van der Waals surface area contributed by atoms with Gasteiger partial charge in [-0.05, 0) is 37.2 Å². The summed E-state index contributed by atoms with van der Waals surface area (Å²) < 4.78 is 27.7. The Balaban J connectivity index is 1.10. The molecule has 0 unspecified atom stereocenters. The van der Waals surface area contributed by atoms with E-state index in [2.05, 4.69) is 20.1 Å². The number of aliphatic hydroxyl groups excluding tert-OH is 1. The lowest BCUT2D eigenvalue weighted by Gasteiger charge is -2.37. The van der Waals surface area contributed by atoms with Crippen molar-refractivity contribution in [3.63, 3.8) is 0 Å². The van der Waals surface area contributed by atoms with E-state index in [-0.39, 0.29) is 37.6 Å². The number of piperazine rings is 1. The number of fused-ring (bicyclic) bond motifs is 1. The lowest BCUT2D eigenvalue weighted by Crippen LogP contribution is -2.53. The van der Waals surface area contributed by atoms with Crippen LogP contribution in [0.2, 0.25) is 0 Å². The summed E-state index contributed by atoms with van der Waals surface area (Å²) in [6.07, 6.45) is -0.0589. The van der Waals surface area contributed by atoms with Gasteiger partial charge in [0.1, 0.15) is 6.04 Å². The average Bonchev–Trinajstić information content (AvgIpc) is 3.57. The van der Waals surface area contributed by atoms with Crippen molar-refractivity contribution in [3.05, 3.63) is 36.0 Å². The number of carbonyl (C=O) groups is 5. The second-order valence-electron chi connectivity index (χ2n) is 16.4. The van der Waals surface area contributed by atoms with Crippen molar-refractivity contribution in [2.24, 2.45) is 0 Å². The number of halogens is 2. The van der Waals surface area contributed by atoms with Gasteiger partial charge in [0, 0.05) is 122 Å². The maximum Gasteiger partial charge on any atom is 0.317 e. The Morgan fingerprint density at radius 2 is 1.41 bits per heavy atom. The first-order chi connectivity index (χ1) is 30.0. The normalized spacial score (nSPS) is 20.2. The summed E-state index contributed by atoms with van der Waals surface area (Å²) in [5.41, 5.74) is 1.64. The number of pyridine rings is 1. The van der Waals surface area contributed by atoms with Gasteiger partial charge in [-0.3, -0.25) is 53.5 Å². The molecule has 1 aromatic heterocycles. The van der Waals surface area contributed by atoms with Gasteiger partial charge in [-0.15, -0.1) is 0 Å². The van der Waals surface area contributed by atoms with Crippen molar-refractivity contribution in [1.82, 2.24) is 44.6 Å². The van der Waals surface area contributed by atoms with Crippen molar-refractivity contribution in [3.8, 4) is 6.07 Å². The Morgan fingerprint density at radius 1 is 0.841 bits per heavy atom. The molecule has 22 heteroatoms. The number of benzene rings is 1. The van der Waals surface area contributed by atoms with Crippen LogP contribution in [0.1, 0.15) is 23.2 Å². The Labute approximate surface area is 364 Å². The van der Waals surface area contributed by atoms with Crippen molar-refractivity contribution < 1.29 is 53.2 Å². The maximum atomic E-state index is 13.9. The Hall–Kier alpha value is -5.15. The third-order valence-electron chi connectivity index (χ3n) is 11.7. The summed E-state index contributed by atoms with van der Waals surface area (Å²) in [7, 11) is 1.93. The van der Waals surface area contributed by atoms with E-state index >= 15 is 0 Å². The number of amides is 3. The molecule has 1 aromatic carbocycles. The topological polar surface area (TPSA) is 241 Å². The van der Waals surface area contributed by atoms with Crippen LogP contribution in [0.25, 0.3) is 10.9 Å². The number of alkyl halides is 2. The van der Waals surface area contributed by atoms with Crippen molar-refractivity contribution in [2.75, 3.05) is 143 Å². The largest absolute Gasteiger partial charge is 0.480 e. The van der Waals surface area contributed by atoms with Crippen molar-refractivity contribution in [2.45, 2.75) is 31.1 Å². The number of nitrogens with zero attached hydrogens (tertiary/aromatic N) is 10. The number of carboxylic acid groups (broad SMARTS) is 2. The van der Waals surface area contributed by atoms with Crippen LogP contribution in [0.3, 0.4) is 0 Å². The number of carbonyl (C=O) groups excluding carboxylic acids is 3. The number of hydrogen-bond donors (Lipinski definition) is 5. The number of β-amino-alcohol motifs (C(OH)–C–C–N with tert-alkyl or cyclic N) is 2. The van der Waals surface area contributed by atoms with Gasteiger partial charge in [-0.1, -0.05) is 0 Å². The van der Waals surface area contributed by atoms with Crippen molar-refractivity contribution >= 4 is 46.3 Å². The fraction of sp³-hybridized carbons (Fsp3) is 0.634. The average molecular weight is 888 g/mol. The van der Waals surface area contributed by atoms with E-state index in [9.17, 15) is 58.4 Å². The summed E-state index contributed by atoms with van der Waals surface area (Å²) >= 11 is 0. The van der Waals surface area contributed by atoms with Crippen LogP contribution in [0, 0.1) is 11.3 Å². The van der Waals surface area contributed by atoms with Gasteiger partial charge in [-0.25, -0.2) is 8.78 Å². The first-order valence-corrected chi connectivity index (χ1v) is 21.1. The first-order valence-electron chi connectivity index (χ1n) is 21.1. The number of carboxylic acids is 2. The number of anilines is 1. The predicted molar refractivity (Wildman–Crippen MR) is 225 cm³/mol. The summed E-state index contributed by atoms with van der Waals surface area (Å²) in [5.74, 6) is -6.57. The molecule has 3 aliphatic heterocycles. The van der Waals surface area contributed by atoms with Crippen LogP contribution in [-0.2, 0) is 19.2 Å². The van der Waals surface area contributed by atoms with Gasteiger partial charge in [-0.2, -0.15) is 5.26 Å². The zero-order valence-corrected chi connectivity index (χ0v) is 35.7. The number of nitriles is 1. The molecule has 3 aliphatic rings. The van der Waals surface area contributed by atoms with Crippen molar-refractivity contribution in [1.29, 1.82) is 5.26 Å². The number of rotatable bonds is 16. The molecule has 0 bridgehead atoms. The minimum absolute atomic E-state index is 0.0572. The van der Waals surface area contributed by atoms with E-state index in [0.717, 1.165) is 23.6 Å². The zero-order valence-electron chi connectivity index (χ0n) is 35.7. The smallest absolute Gasteiger partial charge is 0.317 e. The highest BCUT2D eigenvalue weighted by molar-refractivity contribution is 6.07. The van der Waals surface area contributed by atoms with Crippen LogP contribution >= 0.6 is 0 Å². The van der Waals surface area contributed by atoms with Gasteiger partial charge < -0.3 is 40.4 Å². The lowest BCUT2D eigenvalue weighted by atomic mass is 10.1. The van der Waals surface area contributed by atoms with Crippen LogP contribution in [0.4, 0.5) is 14.5 Å². The summed E-state index contributed by atoms with van der Waals surface area (Å²) in [6, 6.07) is 7.51. The predicted octanol–water partition coefficient (Wildman–Crippen LogP) is -1.60. The highest BCUT2D eigenvalue weighted by Gasteiger charge is 2.47. The van der Waals surface area contributed by atoms with Gasteiger partial charge in [0.2, 0.25) is 11.8 Å². The summed E-state index contributed by atoms with van der Waals surface area (Å²) in [5, 5.41) is 50.5. The van der Waals surface area contributed by atoms with E-state index in [4.69, 9.17) is 0 Å². The van der Waals surface area contributed by atoms with E-state index in [0.29, 0.717) is 96.0 Å². The molecule has 0 spiro atoms.